The second-order valence-corrected chi connectivity index (χ2v) is 7.36. The summed E-state index contributed by atoms with van der Waals surface area (Å²) in [6, 6.07) is 17.7. The van der Waals surface area contributed by atoms with E-state index in [0.29, 0.717) is 29.4 Å². The molecule has 32 heavy (non-hydrogen) atoms. The summed E-state index contributed by atoms with van der Waals surface area (Å²) in [6.07, 6.45) is 3.57. The third-order valence-corrected chi connectivity index (χ3v) is 4.93. The minimum atomic E-state index is -0.343. The lowest BCUT2D eigenvalue weighted by molar-refractivity contribution is -0.114. The number of furan rings is 1. The molecule has 1 aromatic heterocycles. The van der Waals surface area contributed by atoms with Crippen LogP contribution >= 0.6 is 0 Å². The Morgan fingerprint density at radius 2 is 1.88 bits per heavy atom. The molecule has 1 aliphatic rings. The quantitative estimate of drug-likeness (QED) is 0.467. The molecule has 1 aliphatic heterocycles. The van der Waals surface area contributed by atoms with Crippen molar-refractivity contribution in [2.45, 2.75) is 18.9 Å². The lowest BCUT2D eigenvalue weighted by Crippen LogP contribution is -2.23. The number of anilines is 3. The minimum absolute atomic E-state index is 0.0512. The van der Waals surface area contributed by atoms with E-state index in [2.05, 4.69) is 16.0 Å². The molecule has 8 heteroatoms. The van der Waals surface area contributed by atoms with E-state index >= 15 is 0 Å². The van der Waals surface area contributed by atoms with Gasteiger partial charge in [0, 0.05) is 18.0 Å². The fourth-order valence-electron chi connectivity index (χ4n) is 3.34. The highest BCUT2D eigenvalue weighted by Crippen LogP contribution is 2.25. The van der Waals surface area contributed by atoms with E-state index in [1.807, 2.05) is 24.3 Å². The highest BCUT2D eigenvalue weighted by Gasteiger charge is 2.17. The zero-order chi connectivity index (χ0) is 22.2. The predicted octanol–water partition coefficient (Wildman–Crippen LogP) is 4.14. The van der Waals surface area contributed by atoms with Crippen molar-refractivity contribution >= 4 is 28.9 Å². The molecule has 166 valence electrons. The van der Waals surface area contributed by atoms with Crippen LogP contribution in [-0.2, 0) is 9.53 Å². The maximum absolute atomic E-state index is 12.5. The van der Waals surface area contributed by atoms with Gasteiger partial charge in [-0.3, -0.25) is 9.59 Å². The SMILES string of the molecule is O=C(CNc1cccc(NC(=O)c2ccco2)c1)Nc1ccccc1OCC1CCCO1. The number of hydrogen-bond donors (Lipinski definition) is 3. The van der Waals surface area contributed by atoms with Crippen LogP contribution in [0.5, 0.6) is 5.75 Å². The molecule has 1 fully saturated rings. The Bertz CT molecular complexity index is 1050. The van der Waals surface area contributed by atoms with Crippen LogP contribution in [0.4, 0.5) is 17.1 Å². The molecule has 1 saturated heterocycles. The van der Waals surface area contributed by atoms with Crippen LogP contribution < -0.4 is 20.7 Å². The van der Waals surface area contributed by atoms with Crippen molar-refractivity contribution in [2.24, 2.45) is 0 Å². The first-order valence-electron chi connectivity index (χ1n) is 10.5. The van der Waals surface area contributed by atoms with Crippen molar-refractivity contribution in [3.05, 3.63) is 72.7 Å². The van der Waals surface area contributed by atoms with Crippen LogP contribution in [0, 0.1) is 0 Å². The summed E-state index contributed by atoms with van der Waals surface area (Å²) in [5.74, 6) is 0.273. The number of benzene rings is 2. The average molecular weight is 435 g/mol. The van der Waals surface area contributed by atoms with Crippen LogP contribution in [-0.4, -0.2) is 37.7 Å². The molecule has 1 unspecified atom stereocenters. The first-order valence-corrected chi connectivity index (χ1v) is 10.5. The Kier molecular flexibility index (Phi) is 7.04. The summed E-state index contributed by atoms with van der Waals surface area (Å²) in [6.45, 7) is 1.28. The number of hydrogen-bond acceptors (Lipinski definition) is 6. The summed E-state index contributed by atoms with van der Waals surface area (Å²) in [5, 5.41) is 8.69. The van der Waals surface area contributed by atoms with Crippen LogP contribution in [0.15, 0.2) is 71.3 Å². The number of ether oxygens (including phenoxy) is 2. The molecule has 0 bridgehead atoms. The van der Waals surface area contributed by atoms with Gasteiger partial charge in [0.15, 0.2) is 5.76 Å². The molecule has 2 aromatic carbocycles. The minimum Gasteiger partial charge on any atom is -0.489 e. The number of nitrogens with one attached hydrogen (secondary N) is 3. The molecule has 2 amide bonds. The van der Waals surface area contributed by atoms with Crippen molar-refractivity contribution in [2.75, 3.05) is 35.7 Å². The van der Waals surface area contributed by atoms with Crippen LogP contribution in [0.3, 0.4) is 0 Å². The molecule has 0 spiro atoms. The zero-order valence-corrected chi connectivity index (χ0v) is 17.5. The first-order chi connectivity index (χ1) is 15.7. The van der Waals surface area contributed by atoms with Crippen LogP contribution in [0.2, 0.25) is 0 Å². The molecule has 2 heterocycles. The summed E-state index contributed by atoms with van der Waals surface area (Å²) in [7, 11) is 0. The normalized spacial score (nSPS) is 15.2. The molecule has 0 radical (unpaired) electrons. The lowest BCUT2D eigenvalue weighted by atomic mass is 10.2. The van der Waals surface area contributed by atoms with Crippen molar-refractivity contribution in [1.82, 2.24) is 0 Å². The monoisotopic (exact) mass is 435 g/mol. The summed E-state index contributed by atoms with van der Waals surface area (Å²) in [5.41, 5.74) is 1.89. The van der Waals surface area contributed by atoms with Crippen molar-refractivity contribution < 1.29 is 23.5 Å². The zero-order valence-electron chi connectivity index (χ0n) is 17.5. The Morgan fingerprint density at radius 1 is 1.00 bits per heavy atom. The topological polar surface area (TPSA) is 102 Å². The molecule has 0 aliphatic carbocycles. The standard InChI is InChI=1S/C24H25N3O5/c28-23(27-20-9-1-2-10-21(20)32-16-19-8-4-12-30-19)15-25-17-6-3-7-18(14-17)26-24(29)22-11-5-13-31-22/h1-3,5-7,9-11,13-14,19,25H,4,8,12,15-16H2,(H,26,29)(H,27,28). The van der Waals surface area contributed by atoms with Gasteiger partial charge in [-0.25, -0.2) is 0 Å². The Labute approximate surface area is 185 Å². The fourth-order valence-corrected chi connectivity index (χ4v) is 3.34. The third kappa shape index (κ3) is 5.89. The summed E-state index contributed by atoms with van der Waals surface area (Å²) < 4.78 is 16.5. The highest BCUT2D eigenvalue weighted by atomic mass is 16.5. The van der Waals surface area contributed by atoms with E-state index in [-0.39, 0.29) is 30.2 Å². The van der Waals surface area contributed by atoms with Crippen molar-refractivity contribution in [3.63, 3.8) is 0 Å². The van der Waals surface area contributed by atoms with Gasteiger partial charge >= 0.3 is 0 Å². The van der Waals surface area contributed by atoms with E-state index in [1.165, 1.54) is 6.26 Å². The Hall–Kier alpha value is -3.78. The number of carbonyl (C=O) groups is 2. The van der Waals surface area contributed by atoms with E-state index in [1.54, 1.807) is 36.4 Å². The average Bonchev–Trinajstić information content (AvgIpc) is 3.52. The Balaban J connectivity index is 1.29. The van der Waals surface area contributed by atoms with Crippen molar-refractivity contribution in [1.29, 1.82) is 0 Å². The number of para-hydroxylation sites is 2. The lowest BCUT2D eigenvalue weighted by Gasteiger charge is -2.15. The van der Waals surface area contributed by atoms with Gasteiger partial charge in [0.1, 0.15) is 12.4 Å². The van der Waals surface area contributed by atoms with Gasteiger partial charge in [-0.15, -0.1) is 0 Å². The predicted molar refractivity (Wildman–Crippen MR) is 121 cm³/mol. The van der Waals surface area contributed by atoms with Gasteiger partial charge in [0.05, 0.1) is 24.6 Å². The van der Waals surface area contributed by atoms with Crippen molar-refractivity contribution in [3.8, 4) is 5.75 Å². The molecular weight excluding hydrogens is 410 g/mol. The highest BCUT2D eigenvalue weighted by molar-refractivity contribution is 6.02. The van der Waals surface area contributed by atoms with E-state index in [9.17, 15) is 9.59 Å². The maximum atomic E-state index is 12.5. The molecule has 3 aromatic rings. The molecule has 1 atom stereocenters. The second kappa shape index (κ2) is 10.5. The molecule has 8 nitrogen and oxygen atoms in total. The molecule has 0 saturated carbocycles. The van der Waals surface area contributed by atoms with Gasteiger partial charge in [-0.1, -0.05) is 18.2 Å². The third-order valence-electron chi connectivity index (χ3n) is 4.93. The first kappa shape index (κ1) is 21.5. The molecular formula is C24H25N3O5. The van der Waals surface area contributed by atoms with Gasteiger partial charge in [-0.05, 0) is 55.3 Å². The van der Waals surface area contributed by atoms with Gasteiger partial charge in [-0.2, -0.15) is 0 Å². The number of rotatable bonds is 9. The number of carbonyl (C=O) groups excluding carboxylic acids is 2. The largest absolute Gasteiger partial charge is 0.489 e. The number of amides is 2. The van der Waals surface area contributed by atoms with E-state index in [0.717, 1.165) is 19.4 Å². The van der Waals surface area contributed by atoms with Crippen LogP contribution in [0.1, 0.15) is 23.4 Å². The fraction of sp³-hybridized carbons (Fsp3) is 0.250. The molecule has 3 N–H and O–H groups in total. The Morgan fingerprint density at radius 3 is 2.69 bits per heavy atom. The van der Waals surface area contributed by atoms with E-state index in [4.69, 9.17) is 13.9 Å². The van der Waals surface area contributed by atoms with Gasteiger partial charge in [0.25, 0.3) is 5.91 Å². The summed E-state index contributed by atoms with van der Waals surface area (Å²) in [4.78, 5) is 24.6. The molecule has 4 rings (SSSR count). The van der Waals surface area contributed by atoms with Crippen LogP contribution in [0.25, 0.3) is 0 Å². The summed E-state index contributed by atoms with van der Waals surface area (Å²) >= 11 is 0. The maximum Gasteiger partial charge on any atom is 0.291 e. The second-order valence-electron chi connectivity index (χ2n) is 7.36. The van der Waals surface area contributed by atoms with Gasteiger partial charge in [0.2, 0.25) is 5.91 Å². The van der Waals surface area contributed by atoms with Gasteiger partial charge < -0.3 is 29.8 Å². The van der Waals surface area contributed by atoms with E-state index < -0.39 is 0 Å². The smallest absolute Gasteiger partial charge is 0.291 e.